The summed E-state index contributed by atoms with van der Waals surface area (Å²) in [6.07, 6.45) is 110. The van der Waals surface area contributed by atoms with Crippen LogP contribution in [0.25, 0.3) is 0 Å². The lowest BCUT2D eigenvalue weighted by Gasteiger charge is -2.21. The van der Waals surface area contributed by atoms with Crippen LogP contribution in [0.3, 0.4) is 0 Å². The summed E-state index contributed by atoms with van der Waals surface area (Å²) in [6, 6.07) is 0. The van der Waals surface area contributed by atoms with Crippen molar-refractivity contribution in [3.8, 4) is 0 Å². The van der Waals surface area contributed by atoms with Crippen LogP contribution >= 0.6 is 15.6 Å². The first-order valence-corrected chi connectivity index (χ1v) is 47.8. The van der Waals surface area contributed by atoms with E-state index in [2.05, 4.69) is 179 Å². The summed E-state index contributed by atoms with van der Waals surface area (Å²) in [5.74, 6) is -1.60. The van der Waals surface area contributed by atoms with Crippen LogP contribution in [0.4, 0.5) is 0 Å². The van der Waals surface area contributed by atoms with Crippen molar-refractivity contribution < 1.29 is 75.8 Å². The minimum absolute atomic E-state index is 0.0785. The van der Waals surface area contributed by atoms with E-state index in [4.69, 9.17) is 32.3 Å². The second-order valence-electron chi connectivity index (χ2n) is 29.7. The van der Waals surface area contributed by atoms with Gasteiger partial charge >= 0.3 is 33.6 Å². The summed E-state index contributed by atoms with van der Waals surface area (Å²) in [4.78, 5) is 58.9. The second-order valence-corrected chi connectivity index (χ2v) is 32.6. The zero-order valence-corrected chi connectivity index (χ0v) is 73.0. The largest absolute Gasteiger partial charge is 0.472 e. The number of allylic oxidation sites excluding steroid dienone is 26. The van der Waals surface area contributed by atoms with E-state index in [1.54, 1.807) is 0 Å². The van der Waals surface area contributed by atoms with E-state index in [1.165, 1.54) is 148 Å². The van der Waals surface area contributed by atoms with E-state index in [0.717, 1.165) is 161 Å². The standard InChI is InChI=1S/C95H162O16P2/c1-4-7-10-13-16-19-22-25-28-31-34-37-39-41-42-43-44-45-46-48-50-52-54-57-60-63-66-69-72-75-78-81-93(98)105-84-90(96)85-107-112(101,102)108-86-91(97)87-109-113(103,104)110-89-92(111-95(100)83-80-77-74-71-68-65-62-59-56-51-36-33-30-27-24-21-18-15-12-9-6-3)88-106-94(99)82-79-76-73-70-67-64-61-58-55-53-49-47-40-38-35-32-29-26-23-20-17-14-11-8-5-2/h7,10,16-21,25-30,34-38,41-42,47,49,51,59,62,90-92,96-97H,4-6,8-9,11-15,22-24,31-33,39-40,43-46,48,50,52-58,60-61,63-89H2,1-3H3,(H,101,102)(H,103,104)/b10-7-,19-16-,20-17-,21-18-,28-25-,29-26-,30-27-,37-34-,38-35-,42-41-,49-47-,51-36-,62-59-. The van der Waals surface area contributed by atoms with Gasteiger partial charge in [0, 0.05) is 19.3 Å². The number of unbranched alkanes of at least 4 members (excludes halogenated alkanes) is 35. The molecule has 0 aromatic carbocycles. The first kappa shape index (κ1) is 108. The van der Waals surface area contributed by atoms with E-state index in [9.17, 15) is 43.5 Å². The first-order chi connectivity index (χ1) is 55.2. The van der Waals surface area contributed by atoms with Crippen molar-refractivity contribution >= 4 is 33.6 Å². The highest BCUT2D eigenvalue weighted by Crippen LogP contribution is 2.45. The number of ether oxygens (including phenoxy) is 3. The molecule has 16 nitrogen and oxygen atoms in total. The fourth-order valence-electron chi connectivity index (χ4n) is 11.9. The van der Waals surface area contributed by atoms with Crippen LogP contribution < -0.4 is 0 Å². The Bertz CT molecular complexity index is 2680. The van der Waals surface area contributed by atoms with Gasteiger partial charge in [0.2, 0.25) is 0 Å². The highest BCUT2D eigenvalue weighted by molar-refractivity contribution is 7.47. The third kappa shape index (κ3) is 87.8. The van der Waals surface area contributed by atoms with E-state index in [1.807, 2.05) is 0 Å². The lowest BCUT2D eigenvalue weighted by Crippen LogP contribution is -2.30. The molecule has 113 heavy (non-hydrogen) atoms. The Balaban J connectivity index is 4.61. The van der Waals surface area contributed by atoms with Crippen LogP contribution in [-0.4, -0.2) is 95.9 Å². The smallest absolute Gasteiger partial charge is 0.463 e. The summed E-state index contributed by atoms with van der Waals surface area (Å²) < 4.78 is 61.4. The highest BCUT2D eigenvalue weighted by Gasteiger charge is 2.29. The Labute approximate surface area is 689 Å². The predicted octanol–water partition coefficient (Wildman–Crippen LogP) is 27.3. The fourth-order valence-corrected chi connectivity index (χ4v) is 13.5. The monoisotopic (exact) mass is 1620 g/mol. The predicted molar refractivity (Wildman–Crippen MR) is 472 cm³/mol. The Kier molecular flexibility index (Phi) is 82.8. The number of hydrogen-bond donors (Lipinski definition) is 4. The van der Waals surface area contributed by atoms with Crippen molar-refractivity contribution in [3.63, 3.8) is 0 Å². The molecule has 0 fully saturated rings. The Morgan fingerprint density at radius 1 is 0.257 bits per heavy atom. The van der Waals surface area contributed by atoms with Gasteiger partial charge in [-0.15, -0.1) is 0 Å². The van der Waals surface area contributed by atoms with Gasteiger partial charge in [-0.1, -0.05) is 352 Å². The van der Waals surface area contributed by atoms with Crippen molar-refractivity contribution in [2.24, 2.45) is 0 Å². The molecule has 0 aromatic heterocycles. The first-order valence-electron chi connectivity index (χ1n) is 44.8. The second kappa shape index (κ2) is 86.5. The number of aliphatic hydroxyl groups is 2. The van der Waals surface area contributed by atoms with E-state index in [0.29, 0.717) is 19.3 Å². The lowest BCUT2D eigenvalue weighted by molar-refractivity contribution is -0.161. The third-order valence-corrected chi connectivity index (χ3v) is 20.6. The molecule has 0 saturated carbocycles. The number of phosphoric acid groups is 2. The molecule has 0 bridgehead atoms. The molecule has 0 spiro atoms. The topological polar surface area (TPSA) is 231 Å². The Morgan fingerprint density at radius 3 is 0.743 bits per heavy atom. The van der Waals surface area contributed by atoms with Gasteiger partial charge in [0.15, 0.2) is 6.10 Å². The summed E-state index contributed by atoms with van der Waals surface area (Å²) in [6.45, 7) is 2.52. The van der Waals surface area contributed by atoms with Crippen molar-refractivity contribution in [2.45, 2.75) is 386 Å². The van der Waals surface area contributed by atoms with Crippen LogP contribution in [0, 0.1) is 0 Å². The zero-order chi connectivity index (χ0) is 82.2. The fraction of sp³-hybridized carbons (Fsp3) is 0.695. The molecule has 0 heterocycles. The van der Waals surface area contributed by atoms with Gasteiger partial charge in [-0.25, -0.2) is 9.13 Å². The van der Waals surface area contributed by atoms with Crippen molar-refractivity contribution in [1.82, 2.24) is 0 Å². The highest BCUT2D eigenvalue weighted by atomic mass is 31.2. The SMILES string of the molecule is CC/C=C\C/C=C\C/C=C\C/C=C\C/C=C\CCCCCCCCCCCCCCCCCC(=O)OCC(O)COP(=O)(O)OCC(O)COP(=O)(O)OCC(COC(=O)CCCCCCCCCCC/C=C\C/C=C\C/C=C\C/C=C\CCCCC)OC(=O)CCCCCCC/C=C\C/C=C\C/C=C\C/C=C\CCCCC. The van der Waals surface area contributed by atoms with Crippen LogP contribution in [0.1, 0.15) is 367 Å². The molecular weight excluding hydrogens is 1460 g/mol. The van der Waals surface area contributed by atoms with Crippen molar-refractivity contribution in [2.75, 3.05) is 39.6 Å². The molecule has 648 valence electrons. The van der Waals surface area contributed by atoms with Crippen LogP contribution in [-0.2, 0) is 55.8 Å². The van der Waals surface area contributed by atoms with Gasteiger partial charge in [-0.05, 0) is 154 Å². The number of phosphoric ester groups is 2. The Hall–Kier alpha value is -4.83. The molecule has 0 aromatic rings. The van der Waals surface area contributed by atoms with Gasteiger partial charge < -0.3 is 34.2 Å². The minimum atomic E-state index is -4.95. The summed E-state index contributed by atoms with van der Waals surface area (Å²) in [7, 11) is -9.82. The van der Waals surface area contributed by atoms with Crippen molar-refractivity contribution in [1.29, 1.82) is 0 Å². The number of carbonyl (C=O) groups excluding carboxylic acids is 3. The number of carbonyl (C=O) groups is 3. The average Bonchev–Trinajstić information content (AvgIpc) is 0.900. The molecule has 0 aliphatic carbocycles. The molecule has 0 aliphatic rings. The van der Waals surface area contributed by atoms with Gasteiger partial charge in [-0.2, -0.15) is 0 Å². The summed E-state index contributed by atoms with van der Waals surface area (Å²) >= 11 is 0. The molecule has 0 radical (unpaired) electrons. The van der Waals surface area contributed by atoms with E-state index < -0.39 is 91.5 Å². The maximum absolute atomic E-state index is 13.0. The third-order valence-electron chi connectivity index (χ3n) is 18.7. The number of hydrogen-bond acceptors (Lipinski definition) is 14. The molecule has 4 N–H and O–H groups in total. The molecule has 0 saturated heterocycles. The van der Waals surface area contributed by atoms with Gasteiger partial charge in [0.25, 0.3) is 0 Å². The average molecular weight is 1620 g/mol. The minimum Gasteiger partial charge on any atom is -0.463 e. The maximum atomic E-state index is 13.0. The van der Waals surface area contributed by atoms with Gasteiger partial charge in [0.05, 0.1) is 26.4 Å². The normalized spacial score (nSPS) is 14.6. The number of esters is 3. The molecular formula is C95H162O16P2. The number of rotatable bonds is 84. The van der Waals surface area contributed by atoms with Crippen molar-refractivity contribution in [3.05, 3.63) is 158 Å². The number of aliphatic hydroxyl groups excluding tert-OH is 2. The maximum Gasteiger partial charge on any atom is 0.472 e. The Morgan fingerprint density at radius 2 is 0.469 bits per heavy atom. The van der Waals surface area contributed by atoms with Crippen LogP contribution in [0.15, 0.2) is 158 Å². The molecule has 5 atom stereocenters. The van der Waals surface area contributed by atoms with Gasteiger partial charge in [0.1, 0.15) is 25.4 Å². The molecule has 5 unspecified atom stereocenters. The van der Waals surface area contributed by atoms with Gasteiger partial charge in [-0.3, -0.25) is 32.5 Å². The molecule has 0 amide bonds. The van der Waals surface area contributed by atoms with E-state index >= 15 is 0 Å². The molecule has 0 rings (SSSR count). The molecule has 18 heteroatoms. The quantitative estimate of drug-likeness (QED) is 0.0146. The van der Waals surface area contributed by atoms with E-state index in [-0.39, 0.29) is 19.3 Å². The lowest BCUT2D eigenvalue weighted by atomic mass is 10.0. The summed E-state index contributed by atoms with van der Waals surface area (Å²) in [5.41, 5.74) is 0. The van der Waals surface area contributed by atoms with Crippen LogP contribution in [0.5, 0.6) is 0 Å². The zero-order valence-electron chi connectivity index (χ0n) is 71.3. The summed E-state index contributed by atoms with van der Waals surface area (Å²) in [5, 5.41) is 20.7. The molecule has 0 aliphatic heterocycles. The van der Waals surface area contributed by atoms with Crippen LogP contribution in [0.2, 0.25) is 0 Å².